The fourth-order valence-corrected chi connectivity index (χ4v) is 9.34. The molecule has 2 aliphatic rings. The van der Waals surface area contributed by atoms with Crippen LogP contribution in [-0.4, -0.2) is 131 Å². The third-order valence-corrected chi connectivity index (χ3v) is 13.7. The molecule has 0 radical (unpaired) electrons. The molecule has 18 nitrogen and oxygen atoms in total. The average molecular weight is 1020 g/mol. The van der Waals surface area contributed by atoms with E-state index in [0.29, 0.717) is 24.2 Å². The monoisotopic (exact) mass is 1020 g/mol. The van der Waals surface area contributed by atoms with Gasteiger partial charge in [-0.3, -0.25) is 43.2 Å². The SMILES string of the molecule is CCC(C)C1NC(=O)C(Cc2ccccc2)NC(=O)C(CC(C)C)NC(=O)C2CCCN2C(=O)C(Cc2ccccc2)NC(=O)C(C(C)C)NC(=O)C(CC(C)C)NC(=O)C(CCSC)NC(=O)CNC1=O. The molecule has 8 N–H and O–H groups in total. The minimum absolute atomic E-state index is 0.0355. The van der Waals surface area contributed by atoms with Crippen LogP contribution >= 0.6 is 11.8 Å². The molecule has 9 atom stereocenters. The Labute approximate surface area is 429 Å². The molecule has 0 aromatic heterocycles. The Morgan fingerprint density at radius 1 is 0.556 bits per heavy atom. The minimum atomic E-state index is -1.21. The lowest BCUT2D eigenvalue weighted by Crippen LogP contribution is -2.61. The van der Waals surface area contributed by atoms with E-state index in [1.165, 1.54) is 16.7 Å². The van der Waals surface area contributed by atoms with E-state index in [9.17, 15) is 43.2 Å². The molecule has 0 saturated carbocycles. The summed E-state index contributed by atoms with van der Waals surface area (Å²) in [6.07, 6.45) is 3.71. The first-order valence-electron chi connectivity index (χ1n) is 25.5. The van der Waals surface area contributed by atoms with Crippen molar-refractivity contribution < 1.29 is 43.2 Å². The first kappa shape index (κ1) is 58.6. The van der Waals surface area contributed by atoms with E-state index >= 15 is 0 Å². The van der Waals surface area contributed by atoms with Crippen LogP contribution in [0.2, 0.25) is 0 Å². The molecule has 0 bridgehead atoms. The van der Waals surface area contributed by atoms with E-state index in [0.717, 1.165) is 5.56 Å². The first-order chi connectivity index (χ1) is 34.2. The topological polar surface area (TPSA) is 253 Å². The molecule has 0 spiro atoms. The molecule has 2 aromatic rings. The van der Waals surface area contributed by atoms with E-state index in [1.807, 2.05) is 77.3 Å². The van der Waals surface area contributed by atoms with Crippen molar-refractivity contribution >= 4 is 64.9 Å². The Bertz CT molecular complexity index is 2160. The molecule has 2 aromatic carbocycles. The Balaban J connectivity index is 1.80. The summed E-state index contributed by atoms with van der Waals surface area (Å²) in [5, 5.41) is 22.5. The van der Waals surface area contributed by atoms with Crippen molar-refractivity contribution in [1.82, 2.24) is 47.4 Å². The van der Waals surface area contributed by atoms with Gasteiger partial charge in [-0.1, -0.05) is 122 Å². The van der Waals surface area contributed by atoms with Crippen LogP contribution in [0.1, 0.15) is 105 Å². The number of carbonyl (C=O) groups is 9. The molecule has 2 aliphatic heterocycles. The van der Waals surface area contributed by atoms with Gasteiger partial charge < -0.3 is 47.4 Å². The van der Waals surface area contributed by atoms with Crippen LogP contribution in [0, 0.1) is 23.7 Å². The van der Waals surface area contributed by atoms with E-state index in [2.05, 4.69) is 42.5 Å². The maximum absolute atomic E-state index is 14.8. The largest absolute Gasteiger partial charge is 0.345 e. The number of thioether (sulfide) groups is 1. The molecular formula is C53H79N9O9S. The van der Waals surface area contributed by atoms with Gasteiger partial charge in [0.2, 0.25) is 53.2 Å². The summed E-state index contributed by atoms with van der Waals surface area (Å²) in [6.45, 7) is 14.3. The van der Waals surface area contributed by atoms with Crippen molar-refractivity contribution in [1.29, 1.82) is 0 Å². The third kappa shape index (κ3) is 17.9. The lowest BCUT2D eigenvalue weighted by atomic mass is 9.96. The second kappa shape index (κ2) is 28.9. The Kier molecular flexibility index (Phi) is 23.5. The van der Waals surface area contributed by atoms with Gasteiger partial charge in [-0.25, -0.2) is 0 Å². The standard InChI is InChI=1S/C53H79N9O9S/c1-10-34(8)45-51(69)54-30-43(63)55-37(23-25-72-9)46(64)56-39(27-32(4)5)48(66)60-44(33(6)7)52(70)59-41(29-36-20-15-12-16-21-36)53(71)62-24-17-22-42(62)50(68)58-38(26-31(2)3)47(65)57-40(49(67)61-45)28-35-18-13-11-14-19-35/h11-16,18-21,31-34,37-42,44-45H,10,17,22-30H2,1-9H3,(H,54,69)(H,55,63)(H,56,64)(H,57,65)(H,58,68)(H,59,70)(H,60,66)(H,61,67). The fraction of sp³-hybridized carbons (Fsp3) is 0.604. The fourth-order valence-electron chi connectivity index (χ4n) is 8.86. The first-order valence-corrected chi connectivity index (χ1v) is 26.9. The number of nitrogens with zero attached hydrogens (tertiary/aromatic N) is 1. The normalized spacial score (nSPS) is 25.6. The second-order valence-corrected chi connectivity index (χ2v) is 21.3. The molecule has 19 heteroatoms. The molecule has 0 aliphatic carbocycles. The molecule has 4 rings (SSSR count). The smallest absolute Gasteiger partial charge is 0.246 e. The molecule has 2 fully saturated rings. The molecular weight excluding hydrogens is 939 g/mol. The summed E-state index contributed by atoms with van der Waals surface area (Å²) in [4.78, 5) is 130. The lowest BCUT2D eigenvalue weighted by molar-refractivity contribution is -0.143. The molecule has 2 heterocycles. The highest BCUT2D eigenvalue weighted by atomic mass is 32.2. The Hall–Kier alpha value is -5.98. The van der Waals surface area contributed by atoms with Crippen LogP contribution in [-0.2, 0) is 56.0 Å². The maximum atomic E-state index is 14.8. The van der Waals surface area contributed by atoms with Gasteiger partial charge in [0.1, 0.15) is 48.3 Å². The number of amides is 9. The van der Waals surface area contributed by atoms with E-state index in [4.69, 9.17) is 0 Å². The summed E-state index contributed by atoms with van der Waals surface area (Å²) in [6, 6.07) is 9.04. The summed E-state index contributed by atoms with van der Waals surface area (Å²) >= 11 is 1.45. The van der Waals surface area contributed by atoms with Crippen LogP contribution < -0.4 is 42.5 Å². The summed E-state index contributed by atoms with van der Waals surface area (Å²) in [5.41, 5.74) is 1.45. The molecule has 396 valence electrons. The molecule has 9 unspecified atom stereocenters. The third-order valence-electron chi connectivity index (χ3n) is 13.1. The highest BCUT2D eigenvalue weighted by Crippen LogP contribution is 2.22. The quantitative estimate of drug-likeness (QED) is 0.137. The summed E-state index contributed by atoms with van der Waals surface area (Å²) < 4.78 is 0. The average Bonchev–Trinajstić information content (AvgIpc) is 3.84. The van der Waals surface area contributed by atoms with Crippen LogP contribution in [0.4, 0.5) is 0 Å². The highest BCUT2D eigenvalue weighted by molar-refractivity contribution is 7.98. The maximum Gasteiger partial charge on any atom is 0.246 e. The molecule has 9 amide bonds. The van der Waals surface area contributed by atoms with Crippen LogP contribution in [0.15, 0.2) is 60.7 Å². The minimum Gasteiger partial charge on any atom is -0.345 e. The zero-order chi connectivity index (χ0) is 53.1. The van der Waals surface area contributed by atoms with Crippen LogP contribution in [0.3, 0.4) is 0 Å². The lowest BCUT2D eigenvalue weighted by Gasteiger charge is -2.32. The molecule has 72 heavy (non-hydrogen) atoms. The predicted octanol–water partition coefficient (Wildman–Crippen LogP) is 2.53. The van der Waals surface area contributed by atoms with Gasteiger partial charge in [-0.05, 0) is 78.9 Å². The van der Waals surface area contributed by atoms with E-state index in [1.54, 1.807) is 45.0 Å². The van der Waals surface area contributed by atoms with Crippen LogP contribution in [0.5, 0.6) is 0 Å². The van der Waals surface area contributed by atoms with E-state index in [-0.39, 0.29) is 56.9 Å². The number of benzene rings is 2. The number of rotatable bonds is 14. The predicted molar refractivity (Wildman–Crippen MR) is 278 cm³/mol. The van der Waals surface area contributed by atoms with Crippen molar-refractivity contribution in [2.24, 2.45) is 23.7 Å². The second-order valence-electron chi connectivity index (χ2n) is 20.3. The van der Waals surface area contributed by atoms with Crippen molar-refractivity contribution in [3.05, 3.63) is 71.8 Å². The molecule has 2 saturated heterocycles. The van der Waals surface area contributed by atoms with Crippen molar-refractivity contribution in [2.45, 2.75) is 155 Å². The summed E-state index contributed by atoms with van der Waals surface area (Å²) in [5.74, 6) is -6.33. The van der Waals surface area contributed by atoms with E-state index < -0.39 is 120 Å². The van der Waals surface area contributed by atoms with Crippen molar-refractivity contribution in [2.75, 3.05) is 25.1 Å². The zero-order valence-electron chi connectivity index (χ0n) is 43.5. The Morgan fingerprint density at radius 3 is 1.58 bits per heavy atom. The van der Waals surface area contributed by atoms with Gasteiger partial charge in [-0.15, -0.1) is 0 Å². The number of nitrogens with one attached hydrogen (secondary N) is 8. The summed E-state index contributed by atoms with van der Waals surface area (Å²) in [7, 11) is 0. The van der Waals surface area contributed by atoms with Crippen molar-refractivity contribution in [3.8, 4) is 0 Å². The van der Waals surface area contributed by atoms with Gasteiger partial charge >= 0.3 is 0 Å². The van der Waals surface area contributed by atoms with Gasteiger partial charge in [-0.2, -0.15) is 11.8 Å². The highest BCUT2D eigenvalue weighted by Gasteiger charge is 2.41. The van der Waals surface area contributed by atoms with Crippen molar-refractivity contribution in [3.63, 3.8) is 0 Å². The van der Waals surface area contributed by atoms with Gasteiger partial charge in [0.15, 0.2) is 0 Å². The number of hydrogen-bond acceptors (Lipinski definition) is 10. The van der Waals surface area contributed by atoms with Gasteiger partial charge in [0, 0.05) is 19.4 Å². The zero-order valence-corrected chi connectivity index (χ0v) is 44.3. The number of carbonyl (C=O) groups excluding carboxylic acids is 9. The number of hydrogen-bond donors (Lipinski definition) is 8. The Morgan fingerprint density at radius 2 is 1.04 bits per heavy atom. The van der Waals surface area contributed by atoms with Gasteiger partial charge in [0.05, 0.1) is 6.54 Å². The van der Waals surface area contributed by atoms with Gasteiger partial charge in [0.25, 0.3) is 0 Å². The number of fused-ring (bicyclic) bond motifs is 1. The van der Waals surface area contributed by atoms with Crippen LogP contribution in [0.25, 0.3) is 0 Å².